The van der Waals surface area contributed by atoms with E-state index in [1.165, 1.54) is 7.11 Å². The van der Waals surface area contributed by atoms with E-state index in [1.807, 2.05) is 24.3 Å². The summed E-state index contributed by atoms with van der Waals surface area (Å²) >= 11 is 3.39. The van der Waals surface area contributed by atoms with Crippen LogP contribution in [0.4, 0.5) is 0 Å². The van der Waals surface area contributed by atoms with Gasteiger partial charge in [0, 0.05) is 10.5 Å². The van der Waals surface area contributed by atoms with Gasteiger partial charge in [-0.2, -0.15) is 0 Å². The van der Waals surface area contributed by atoms with E-state index in [1.54, 1.807) is 49.4 Å². The number of allylic oxidation sites excluding steroid dienone is 1. The van der Waals surface area contributed by atoms with Crippen LogP contribution < -0.4 is 14.2 Å². The minimum Gasteiger partial charge on any atom is -0.497 e. The fourth-order valence-electron chi connectivity index (χ4n) is 3.16. The van der Waals surface area contributed by atoms with Crippen LogP contribution in [0.2, 0.25) is 0 Å². The number of hydrogen-bond acceptors (Lipinski definition) is 5. The number of hydrogen-bond donors (Lipinski definition) is 0. The summed E-state index contributed by atoms with van der Waals surface area (Å²) in [5.41, 5.74) is 2.35. The van der Waals surface area contributed by atoms with Crippen LogP contribution in [-0.2, 0) is 0 Å². The number of halogens is 1. The highest BCUT2D eigenvalue weighted by molar-refractivity contribution is 9.10. The van der Waals surface area contributed by atoms with Gasteiger partial charge in [0.25, 0.3) is 0 Å². The molecule has 0 amide bonds. The molecule has 5 nitrogen and oxygen atoms in total. The Hall–Kier alpha value is -3.38. The molecule has 1 heterocycles. The number of ketones is 1. The van der Waals surface area contributed by atoms with Crippen LogP contribution in [0.15, 0.2) is 70.9 Å². The van der Waals surface area contributed by atoms with Gasteiger partial charge in [-0.3, -0.25) is 4.79 Å². The van der Waals surface area contributed by atoms with E-state index in [9.17, 15) is 9.59 Å². The number of benzene rings is 3. The third-order valence-corrected chi connectivity index (χ3v) is 5.16. The fraction of sp³-hybridized carbons (Fsp3) is 0.0833. The van der Waals surface area contributed by atoms with E-state index in [4.69, 9.17) is 14.2 Å². The van der Waals surface area contributed by atoms with Crippen molar-refractivity contribution in [3.63, 3.8) is 0 Å². The molecule has 0 unspecified atom stereocenters. The summed E-state index contributed by atoms with van der Waals surface area (Å²) in [5.74, 6) is 0.741. The van der Waals surface area contributed by atoms with Crippen molar-refractivity contribution in [2.75, 3.05) is 7.11 Å². The summed E-state index contributed by atoms with van der Waals surface area (Å²) in [4.78, 5) is 25.3. The number of methoxy groups -OCH3 is 1. The molecule has 0 bridgehead atoms. The predicted molar refractivity (Wildman–Crippen MR) is 116 cm³/mol. The zero-order chi connectivity index (χ0) is 21.3. The van der Waals surface area contributed by atoms with Crippen molar-refractivity contribution in [1.82, 2.24) is 0 Å². The summed E-state index contributed by atoms with van der Waals surface area (Å²) in [6, 6.07) is 17.4. The Morgan fingerprint density at radius 3 is 2.53 bits per heavy atom. The molecule has 0 fully saturated rings. The number of esters is 1. The second kappa shape index (κ2) is 8.16. The molecule has 1 aliphatic rings. The smallest absolute Gasteiger partial charge is 0.343 e. The van der Waals surface area contributed by atoms with Gasteiger partial charge in [0.05, 0.1) is 18.2 Å². The minimum absolute atomic E-state index is 0.198. The van der Waals surface area contributed by atoms with Crippen LogP contribution in [0.5, 0.6) is 17.2 Å². The molecule has 1 aliphatic heterocycles. The van der Waals surface area contributed by atoms with Gasteiger partial charge in [-0.15, -0.1) is 0 Å². The lowest BCUT2D eigenvalue weighted by molar-refractivity contribution is 0.0734. The third kappa shape index (κ3) is 4.00. The molecule has 150 valence electrons. The monoisotopic (exact) mass is 464 g/mol. The Balaban J connectivity index is 1.59. The highest BCUT2D eigenvalue weighted by atomic mass is 79.9. The molecule has 0 spiro atoms. The SMILES string of the molecule is COc1cccc(C(=O)Oc2cc(C)c3c(c2)O/C(=C\c2ccc(Br)cc2)C3=O)c1. The molecule has 30 heavy (non-hydrogen) atoms. The first kappa shape index (κ1) is 19.9. The first-order valence-corrected chi connectivity index (χ1v) is 9.94. The minimum atomic E-state index is -0.525. The zero-order valence-electron chi connectivity index (χ0n) is 16.3. The predicted octanol–water partition coefficient (Wildman–Crippen LogP) is 5.60. The van der Waals surface area contributed by atoms with Gasteiger partial charge in [0.1, 0.15) is 17.2 Å². The van der Waals surface area contributed by atoms with Crippen molar-refractivity contribution in [2.45, 2.75) is 6.92 Å². The Labute approximate surface area is 182 Å². The summed E-state index contributed by atoms with van der Waals surface area (Å²) < 4.78 is 17.4. The van der Waals surface area contributed by atoms with Crippen molar-refractivity contribution in [2.24, 2.45) is 0 Å². The van der Waals surface area contributed by atoms with Gasteiger partial charge in [-0.05, 0) is 60.5 Å². The highest BCUT2D eigenvalue weighted by Gasteiger charge is 2.30. The molecule has 3 aromatic carbocycles. The van der Waals surface area contributed by atoms with Crippen LogP contribution in [0.1, 0.15) is 31.8 Å². The lowest BCUT2D eigenvalue weighted by atomic mass is 10.0. The van der Waals surface area contributed by atoms with Crippen molar-refractivity contribution in [1.29, 1.82) is 0 Å². The molecular weight excluding hydrogens is 448 g/mol. The lowest BCUT2D eigenvalue weighted by Crippen LogP contribution is -2.09. The molecule has 3 aromatic rings. The molecule has 0 N–H and O–H groups in total. The number of carbonyl (C=O) groups excluding carboxylic acids is 2. The Kier molecular flexibility index (Phi) is 5.42. The van der Waals surface area contributed by atoms with Gasteiger partial charge in [0.15, 0.2) is 5.76 Å². The van der Waals surface area contributed by atoms with Crippen molar-refractivity contribution in [3.05, 3.63) is 93.1 Å². The molecule has 0 saturated carbocycles. The lowest BCUT2D eigenvalue weighted by Gasteiger charge is -2.08. The van der Waals surface area contributed by atoms with Gasteiger partial charge in [-0.25, -0.2) is 4.79 Å². The summed E-state index contributed by atoms with van der Waals surface area (Å²) in [6.07, 6.45) is 1.69. The first-order valence-electron chi connectivity index (χ1n) is 9.15. The maximum atomic E-state index is 12.8. The molecule has 4 rings (SSSR count). The summed E-state index contributed by atoms with van der Waals surface area (Å²) in [5, 5.41) is 0. The average Bonchev–Trinajstić information content (AvgIpc) is 3.05. The van der Waals surface area contributed by atoms with Crippen LogP contribution in [0, 0.1) is 6.92 Å². The number of aryl methyl sites for hydroxylation is 1. The van der Waals surface area contributed by atoms with E-state index in [-0.39, 0.29) is 11.5 Å². The second-order valence-electron chi connectivity index (χ2n) is 6.73. The van der Waals surface area contributed by atoms with E-state index in [0.29, 0.717) is 33.9 Å². The van der Waals surface area contributed by atoms with Crippen molar-refractivity contribution < 1.29 is 23.8 Å². The first-order chi connectivity index (χ1) is 14.4. The summed E-state index contributed by atoms with van der Waals surface area (Å²) in [6.45, 7) is 1.78. The molecular formula is C24H17BrO5. The molecule has 0 atom stereocenters. The van der Waals surface area contributed by atoms with E-state index < -0.39 is 5.97 Å². The third-order valence-electron chi connectivity index (χ3n) is 4.63. The average molecular weight is 465 g/mol. The van der Waals surface area contributed by atoms with E-state index in [0.717, 1.165) is 10.0 Å². The van der Waals surface area contributed by atoms with Gasteiger partial charge in [0.2, 0.25) is 5.78 Å². The van der Waals surface area contributed by atoms with Crippen LogP contribution in [-0.4, -0.2) is 18.9 Å². The van der Waals surface area contributed by atoms with Crippen LogP contribution in [0.25, 0.3) is 6.08 Å². The van der Waals surface area contributed by atoms with Crippen LogP contribution >= 0.6 is 15.9 Å². The fourth-order valence-corrected chi connectivity index (χ4v) is 3.43. The number of carbonyl (C=O) groups is 2. The van der Waals surface area contributed by atoms with E-state index in [2.05, 4.69) is 15.9 Å². The van der Waals surface area contributed by atoms with Crippen molar-refractivity contribution >= 4 is 33.8 Å². The number of rotatable bonds is 4. The number of fused-ring (bicyclic) bond motifs is 1. The maximum Gasteiger partial charge on any atom is 0.343 e. The molecule has 0 radical (unpaired) electrons. The van der Waals surface area contributed by atoms with Gasteiger partial charge >= 0.3 is 5.97 Å². The largest absolute Gasteiger partial charge is 0.497 e. The standard InChI is InChI=1S/C24H17BrO5/c1-14-10-19(29-24(27)16-4-3-5-18(12-16)28-2)13-20-22(14)23(26)21(30-20)11-15-6-8-17(25)9-7-15/h3-13H,1-2H3/b21-11-. The normalized spacial score (nSPS) is 13.7. The van der Waals surface area contributed by atoms with Gasteiger partial charge in [-0.1, -0.05) is 34.1 Å². The Morgan fingerprint density at radius 1 is 1.03 bits per heavy atom. The van der Waals surface area contributed by atoms with E-state index >= 15 is 0 Å². The number of ether oxygens (including phenoxy) is 3. The number of Topliss-reactive ketones (excluding diaryl/α,β-unsaturated/α-hetero) is 1. The maximum absolute atomic E-state index is 12.8. The Morgan fingerprint density at radius 2 is 1.80 bits per heavy atom. The zero-order valence-corrected chi connectivity index (χ0v) is 17.9. The topological polar surface area (TPSA) is 61.8 Å². The quantitative estimate of drug-likeness (QED) is 0.285. The summed E-state index contributed by atoms with van der Waals surface area (Å²) in [7, 11) is 1.53. The van der Waals surface area contributed by atoms with Gasteiger partial charge < -0.3 is 14.2 Å². The van der Waals surface area contributed by atoms with Crippen LogP contribution in [0.3, 0.4) is 0 Å². The second-order valence-corrected chi connectivity index (χ2v) is 7.64. The molecule has 0 aliphatic carbocycles. The molecule has 0 aromatic heterocycles. The van der Waals surface area contributed by atoms with Crippen molar-refractivity contribution in [3.8, 4) is 17.2 Å². The molecule has 0 saturated heterocycles. The molecule has 6 heteroatoms. The highest BCUT2D eigenvalue weighted by Crippen LogP contribution is 2.37. The Bertz CT molecular complexity index is 1180.